The van der Waals surface area contributed by atoms with Crippen molar-refractivity contribution in [2.45, 2.75) is 91.5 Å². The maximum absolute atomic E-state index is 6.31. The number of rotatable bonds is 9. The lowest BCUT2D eigenvalue weighted by Gasteiger charge is -2.48. The molecule has 0 N–H and O–H groups in total. The van der Waals surface area contributed by atoms with E-state index in [1.165, 1.54) is 43.9 Å². The molecule has 0 bridgehead atoms. The van der Waals surface area contributed by atoms with Crippen molar-refractivity contribution in [2.75, 3.05) is 37.5 Å². The first-order valence-corrected chi connectivity index (χ1v) is 13.4. The fourth-order valence-electron chi connectivity index (χ4n) is 4.05. The predicted octanol–water partition coefficient (Wildman–Crippen LogP) is 5.79. The van der Waals surface area contributed by atoms with Crippen molar-refractivity contribution in [2.24, 2.45) is 17.3 Å². The van der Waals surface area contributed by atoms with Crippen molar-refractivity contribution in [3.05, 3.63) is 0 Å². The summed E-state index contributed by atoms with van der Waals surface area (Å²) < 4.78 is 6.31. The molecule has 2 aliphatic rings. The first-order valence-electron chi connectivity index (χ1n) is 11.0. The molecule has 1 saturated carbocycles. The highest BCUT2D eigenvalue weighted by molar-refractivity contribution is 8.33. The average molecular weight is 386 g/mol. The van der Waals surface area contributed by atoms with Crippen LogP contribution < -0.4 is 0 Å². The van der Waals surface area contributed by atoms with Crippen molar-refractivity contribution in [3.63, 3.8) is 0 Å². The molecule has 1 aliphatic heterocycles. The Morgan fingerprint density at radius 1 is 1.12 bits per heavy atom. The van der Waals surface area contributed by atoms with Gasteiger partial charge in [0.1, 0.15) is 0 Å². The monoisotopic (exact) mass is 385 g/mol. The minimum atomic E-state index is -0.347. The second-order valence-electron chi connectivity index (χ2n) is 10.9. The fourth-order valence-corrected chi connectivity index (χ4v) is 6.50. The zero-order valence-electron chi connectivity index (χ0n) is 19.2. The van der Waals surface area contributed by atoms with Crippen molar-refractivity contribution in [1.82, 2.24) is 4.90 Å². The molecule has 0 aromatic heterocycles. The molecule has 0 aromatic rings. The lowest BCUT2D eigenvalue weighted by Crippen LogP contribution is -2.44. The summed E-state index contributed by atoms with van der Waals surface area (Å²) in [5, 5.41) is 0.891. The van der Waals surface area contributed by atoms with Crippen LogP contribution in [0.1, 0.15) is 74.7 Å². The maximum Gasteiger partial charge on any atom is 0.0649 e. The van der Waals surface area contributed by atoms with Crippen LogP contribution in [0.5, 0.6) is 0 Å². The van der Waals surface area contributed by atoms with E-state index in [1.54, 1.807) is 0 Å². The maximum atomic E-state index is 6.31. The third kappa shape index (κ3) is 5.41. The van der Waals surface area contributed by atoms with Crippen LogP contribution in [0, 0.1) is 17.3 Å². The quantitative estimate of drug-likeness (QED) is 0.498. The first-order chi connectivity index (χ1) is 11.9. The van der Waals surface area contributed by atoms with E-state index in [4.69, 9.17) is 4.74 Å². The predicted molar refractivity (Wildman–Crippen MR) is 120 cm³/mol. The summed E-state index contributed by atoms with van der Waals surface area (Å²) in [6, 6.07) is 0.754. The van der Waals surface area contributed by atoms with Crippen molar-refractivity contribution in [1.29, 1.82) is 0 Å². The number of ether oxygens (including phenoxy) is 1. The molecule has 156 valence electrons. The Kier molecular flexibility index (Phi) is 7.23. The van der Waals surface area contributed by atoms with Crippen LogP contribution in [0.25, 0.3) is 0 Å². The van der Waals surface area contributed by atoms with Gasteiger partial charge in [0, 0.05) is 19.1 Å². The molecule has 1 aliphatic carbocycles. The van der Waals surface area contributed by atoms with E-state index in [1.807, 2.05) is 0 Å². The van der Waals surface area contributed by atoms with Crippen LogP contribution in [0.2, 0.25) is 0 Å². The number of hydrogen-bond donors (Lipinski definition) is 0. The fraction of sp³-hybridized carbons (Fsp3) is 1.00. The molecule has 3 atom stereocenters. The van der Waals surface area contributed by atoms with Crippen molar-refractivity contribution < 1.29 is 4.74 Å². The van der Waals surface area contributed by atoms with E-state index < -0.39 is 0 Å². The van der Waals surface area contributed by atoms with E-state index in [0.717, 1.165) is 23.8 Å². The van der Waals surface area contributed by atoms with Gasteiger partial charge in [0.2, 0.25) is 0 Å². The molecule has 1 heterocycles. The molecule has 0 amide bonds. The molecule has 3 heteroatoms. The largest absolute Gasteiger partial charge is 0.375 e. The SMILES string of the molecule is CC(CCC1CC1(C)COC(C)(C)C(C)C)N1CCS(C)(C(C)C)CC1. The number of nitrogens with zero attached hydrogens (tertiary/aromatic N) is 1. The summed E-state index contributed by atoms with van der Waals surface area (Å²) in [5.74, 6) is 4.35. The summed E-state index contributed by atoms with van der Waals surface area (Å²) in [4.78, 5) is 2.77. The van der Waals surface area contributed by atoms with Crippen LogP contribution in [-0.4, -0.2) is 59.3 Å². The summed E-state index contributed by atoms with van der Waals surface area (Å²) in [5.41, 5.74) is 0.441. The molecule has 3 unspecified atom stereocenters. The van der Waals surface area contributed by atoms with Crippen LogP contribution in [-0.2, 0) is 4.74 Å². The van der Waals surface area contributed by atoms with E-state index in [0.29, 0.717) is 11.3 Å². The number of hydrogen-bond acceptors (Lipinski definition) is 2. The highest BCUT2D eigenvalue weighted by Gasteiger charge is 2.50. The van der Waals surface area contributed by atoms with Gasteiger partial charge >= 0.3 is 0 Å². The van der Waals surface area contributed by atoms with Gasteiger partial charge < -0.3 is 4.74 Å². The van der Waals surface area contributed by atoms with Gasteiger partial charge in [-0.15, -0.1) is 0 Å². The molecule has 2 nitrogen and oxygen atoms in total. The summed E-state index contributed by atoms with van der Waals surface area (Å²) in [6.45, 7) is 22.4. The van der Waals surface area contributed by atoms with Crippen LogP contribution in [0.4, 0.5) is 0 Å². The Hall–Kier alpha value is 0.270. The van der Waals surface area contributed by atoms with E-state index in [2.05, 4.69) is 66.5 Å². The zero-order chi connectivity index (χ0) is 19.8. The summed E-state index contributed by atoms with van der Waals surface area (Å²) in [6.07, 6.45) is 6.69. The van der Waals surface area contributed by atoms with Gasteiger partial charge in [0.05, 0.1) is 12.2 Å². The first kappa shape index (κ1) is 22.6. The zero-order valence-corrected chi connectivity index (χ0v) is 20.0. The molecule has 0 aromatic carbocycles. The standard InChI is InChI=1S/C23H47NOS/c1-18(2)22(6,7)25-17-23(8)16-21(23)11-10-20(5)24-12-14-26(9,15-13-24)19(3)4/h18-21H,10-17H2,1-9H3. The van der Waals surface area contributed by atoms with Gasteiger partial charge in [-0.2, -0.15) is 0 Å². The Bertz CT molecular complexity index is 453. The molecule has 1 saturated heterocycles. The van der Waals surface area contributed by atoms with Gasteiger partial charge in [-0.05, 0) is 80.3 Å². The summed E-state index contributed by atoms with van der Waals surface area (Å²) >= 11 is 0. The minimum absolute atomic E-state index is 0.00262. The van der Waals surface area contributed by atoms with Gasteiger partial charge in [0.25, 0.3) is 0 Å². The van der Waals surface area contributed by atoms with Crippen molar-refractivity contribution in [3.8, 4) is 0 Å². The van der Waals surface area contributed by atoms with Gasteiger partial charge in [-0.25, -0.2) is 10.0 Å². The van der Waals surface area contributed by atoms with Gasteiger partial charge in [-0.3, -0.25) is 4.90 Å². The minimum Gasteiger partial charge on any atom is -0.375 e. The molecular formula is C23H47NOS. The molecule has 2 fully saturated rings. The third-order valence-corrected chi connectivity index (χ3v) is 12.6. The second-order valence-corrected chi connectivity index (χ2v) is 15.3. The summed E-state index contributed by atoms with van der Waals surface area (Å²) in [7, 11) is -0.347. The lowest BCUT2D eigenvalue weighted by molar-refractivity contribution is -0.0696. The van der Waals surface area contributed by atoms with E-state index in [9.17, 15) is 0 Å². The smallest absolute Gasteiger partial charge is 0.0649 e. The third-order valence-electron chi connectivity index (χ3n) is 8.09. The van der Waals surface area contributed by atoms with Gasteiger partial charge in [-0.1, -0.05) is 34.6 Å². The Balaban J connectivity index is 1.70. The van der Waals surface area contributed by atoms with Crippen molar-refractivity contribution >= 4 is 10.0 Å². The topological polar surface area (TPSA) is 12.5 Å². The molecular weight excluding hydrogens is 338 g/mol. The van der Waals surface area contributed by atoms with Crippen LogP contribution in [0.15, 0.2) is 0 Å². The second kappa shape index (κ2) is 8.33. The molecule has 26 heavy (non-hydrogen) atoms. The highest BCUT2D eigenvalue weighted by atomic mass is 32.3. The van der Waals surface area contributed by atoms with E-state index in [-0.39, 0.29) is 15.6 Å². The highest BCUT2D eigenvalue weighted by Crippen LogP contribution is 2.56. The van der Waals surface area contributed by atoms with Crippen LogP contribution in [0.3, 0.4) is 0 Å². The Labute approximate surface area is 166 Å². The molecule has 0 spiro atoms. The Morgan fingerprint density at radius 3 is 2.19 bits per heavy atom. The lowest BCUT2D eigenvalue weighted by atomic mass is 9.94. The van der Waals surface area contributed by atoms with Crippen LogP contribution >= 0.6 is 10.0 Å². The molecule has 2 rings (SSSR count). The van der Waals surface area contributed by atoms with E-state index >= 15 is 0 Å². The van der Waals surface area contributed by atoms with Gasteiger partial charge in [0.15, 0.2) is 0 Å². The normalized spacial score (nSPS) is 32.0. The Morgan fingerprint density at radius 2 is 1.69 bits per heavy atom. The average Bonchev–Trinajstić information content (AvgIpc) is 3.22. The molecule has 0 radical (unpaired) electrons.